The molecule has 1 unspecified atom stereocenters. The van der Waals surface area contributed by atoms with Crippen molar-refractivity contribution in [3.8, 4) is 0 Å². The van der Waals surface area contributed by atoms with Gasteiger partial charge in [0.25, 0.3) is 0 Å². The summed E-state index contributed by atoms with van der Waals surface area (Å²) in [7, 11) is 0. The van der Waals surface area contributed by atoms with E-state index in [1.807, 2.05) is 0 Å². The maximum Gasteiger partial charge on any atom is 0.0845 e. The van der Waals surface area contributed by atoms with E-state index in [1.165, 1.54) is 16.5 Å². The summed E-state index contributed by atoms with van der Waals surface area (Å²) in [5.74, 6) is 0. The van der Waals surface area contributed by atoms with Crippen molar-refractivity contribution in [3.63, 3.8) is 0 Å². The van der Waals surface area contributed by atoms with Crippen LogP contribution in [0.5, 0.6) is 0 Å². The van der Waals surface area contributed by atoms with Crippen LogP contribution >= 0.6 is 0 Å². The fourth-order valence-corrected chi connectivity index (χ4v) is 4.36. The zero-order valence-electron chi connectivity index (χ0n) is 16.8. The smallest absolute Gasteiger partial charge is 0.0845 e. The lowest BCUT2D eigenvalue weighted by Gasteiger charge is -2.28. The second-order valence-corrected chi connectivity index (χ2v) is 7.95. The van der Waals surface area contributed by atoms with E-state index in [0.29, 0.717) is 13.1 Å². The minimum absolute atomic E-state index is 0.366. The Kier molecular flexibility index (Phi) is 6.99. The van der Waals surface area contributed by atoms with E-state index in [2.05, 4.69) is 44.8 Å². The van der Waals surface area contributed by atoms with Gasteiger partial charge in [0.1, 0.15) is 0 Å². The predicted molar refractivity (Wildman–Crippen MR) is 111 cm³/mol. The lowest BCUT2D eigenvalue weighted by molar-refractivity contribution is 0.0117. The number of benzene rings is 1. The first-order valence-corrected chi connectivity index (χ1v) is 10.6. The molecule has 0 spiro atoms. The van der Waals surface area contributed by atoms with Gasteiger partial charge in [-0.25, -0.2) is 0 Å². The van der Waals surface area contributed by atoms with Crippen LogP contribution in [0.1, 0.15) is 12.0 Å². The summed E-state index contributed by atoms with van der Waals surface area (Å²) in [5, 5.41) is 12.0. The van der Waals surface area contributed by atoms with Crippen molar-refractivity contribution < 1.29 is 14.6 Å². The molecule has 1 N–H and O–H groups in total. The van der Waals surface area contributed by atoms with E-state index in [0.717, 1.165) is 72.0 Å². The molecule has 0 radical (unpaired) electrons. The first-order valence-electron chi connectivity index (χ1n) is 10.6. The SMILES string of the molecule is OC(CN1CCOCC1)Cn1cc(CCCN2CCOCC2)c2ccccc21. The summed E-state index contributed by atoms with van der Waals surface area (Å²) in [6, 6.07) is 8.58. The Morgan fingerprint density at radius 2 is 1.57 bits per heavy atom. The molecule has 1 atom stereocenters. The first-order chi connectivity index (χ1) is 13.8. The average Bonchev–Trinajstić information content (AvgIpc) is 3.07. The second kappa shape index (κ2) is 9.85. The van der Waals surface area contributed by atoms with Gasteiger partial charge in [-0.05, 0) is 31.0 Å². The highest BCUT2D eigenvalue weighted by Crippen LogP contribution is 2.23. The van der Waals surface area contributed by atoms with Crippen LogP contribution in [0, 0.1) is 0 Å². The number of ether oxygens (including phenoxy) is 2. The van der Waals surface area contributed by atoms with E-state index in [1.54, 1.807) is 0 Å². The predicted octanol–water partition coefficient (Wildman–Crippen LogP) is 1.60. The van der Waals surface area contributed by atoms with Gasteiger partial charge in [-0.15, -0.1) is 0 Å². The molecule has 0 aliphatic carbocycles. The normalized spacial score (nSPS) is 20.6. The Morgan fingerprint density at radius 3 is 2.32 bits per heavy atom. The van der Waals surface area contributed by atoms with Crippen LogP contribution in [0.25, 0.3) is 10.9 Å². The van der Waals surface area contributed by atoms with Gasteiger partial charge in [-0.3, -0.25) is 9.80 Å². The van der Waals surface area contributed by atoms with Crippen molar-refractivity contribution >= 4 is 10.9 Å². The summed E-state index contributed by atoms with van der Waals surface area (Å²) < 4.78 is 13.1. The lowest BCUT2D eigenvalue weighted by Crippen LogP contribution is -2.41. The third kappa shape index (κ3) is 5.13. The lowest BCUT2D eigenvalue weighted by atomic mass is 10.1. The Balaban J connectivity index is 1.37. The molecule has 2 aliphatic rings. The highest BCUT2D eigenvalue weighted by atomic mass is 16.5. The Hall–Kier alpha value is -1.44. The molecule has 3 heterocycles. The van der Waals surface area contributed by atoms with E-state index in [4.69, 9.17) is 9.47 Å². The number of aryl methyl sites for hydroxylation is 1. The summed E-state index contributed by atoms with van der Waals surface area (Å²) in [4.78, 5) is 4.79. The highest BCUT2D eigenvalue weighted by Gasteiger charge is 2.17. The number of hydrogen-bond donors (Lipinski definition) is 1. The van der Waals surface area contributed by atoms with Crippen LogP contribution in [0.3, 0.4) is 0 Å². The quantitative estimate of drug-likeness (QED) is 0.746. The van der Waals surface area contributed by atoms with Gasteiger partial charge in [0.05, 0.1) is 32.5 Å². The second-order valence-electron chi connectivity index (χ2n) is 7.95. The maximum absolute atomic E-state index is 10.6. The Labute approximate surface area is 167 Å². The zero-order chi connectivity index (χ0) is 19.2. The number of aliphatic hydroxyl groups excluding tert-OH is 1. The van der Waals surface area contributed by atoms with E-state index >= 15 is 0 Å². The van der Waals surface area contributed by atoms with Crippen LogP contribution in [0.15, 0.2) is 30.5 Å². The van der Waals surface area contributed by atoms with Crippen LogP contribution < -0.4 is 0 Å². The Morgan fingerprint density at radius 1 is 0.893 bits per heavy atom. The van der Waals surface area contributed by atoms with Gasteiger partial charge >= 0.3 is 0 Å². The molecule has 0 bridgehead atoms. The van der Waals surface area contributed by atoms with Crippen molar-refractivity contribution in [3.05, 3.63) is 36.0 Å². The van der Waals surface area contributed by atoms with Gasteiger partial charge in [0.15, 0.2) is 0 Å². The monoisotopic (exact) mass is 387 g/mol. The van der Waals surface area contributed by atoms with Gasteiger partial charge in [-0.1, -0.05) is 18.2 Å². The molecular weight excluding hydrogens is 354 g/mol. The largest absolute Gasteiger partial charge is 0.390 e. The molecule has 2 fully saturated rings. The van der Waals surface area contributed by atoms with Crippen molar-refractivity contribution in [2.45, 2.75) is 25.5 Å². The number of nitrogens with zero attached hydrogens (tertiary/aromatic N) is 3. The summed E-state index contributed by atoms with van der Waals surface area (Å²) >= 11 is 0. The van der Waals surface area contributed by atoms with Crippen molar-refractivity contribution in [1.29, 1.82) is 0 Å². The molecule has 154 valence electrons. The molecule has 1 aromatic heterocycles. The fraction of sp³-hybridized carbons (Fsp3) is 0.636. The topological polar surface area (TPSA) is 50.1 Å². The van der Waals surface area contributed by atoms with Gasteiger partial charge in [0, 0.05) is 56.4 Å². The molecule has 2 saturated heterocycles. The number of aromatic nitrogens is 1. The van der Waals surface area contributed by atoms with Crippen molar-refractivity contribution in [2.75, 3.05) is 65.7 Å². The molecule has 1 aromatic carbocycles. The van der Waals surface area contributed by atoms with Crippen LogP contribution in [-0.2, 0) is 22.4 Å². The minimum Gasteiger partial charge on any atom is -0.390 e. The number of rotatable bonds is 8. The zero-order valence-corrected chi connectivity index (χ0v) is 16.8. The summed E-state index contributed by atoms with van der Waals surface area (Å²) in [6.45, 7) is 9.67. The molecule has 6 nitrogen and oxygen atoms in total. The number of aliphatic hydroxyl groups is 1. The molecule has 6 heteroatoms. The molecule has 2 aliphatic heterocycles. The molecule has 4 rings (SSSR count). The molecule has 2 aromatic rings. The number of morpholine rings is 2. The number of fused-ring (bicyclic) bond motifs is 1. The van der Waals surface area contributed by atoms with Crippen molar-refractivity contribution in [2.24, 2.45) is 0 Å². The van der Waals surface area contributed by atoms with Crippen LogP contribution in [0.2, 0.25) is 0 Å². The summed E-state index contributed by atoms with van der Waals surface area (Å²) in [6.07, 6.45) is 4.12. The molecule has 0 amide bonds. The first kappa shape index (κ1) is 19.9. The van der Waals surface area contributed by atoms with E-state index in [9.17, 15) is 5.11 Å². The maximum atomic E-state index is 10.6. The van der Waals surface area contributed by atoms with Gasteiger partial charge in [0.2, 0.25) is 0 Å². The van der Waals surface area contributed by atoms with Crippen LogP contribution in [0.4, 0.5) is 0 Å². The number of para-hydroxylation sites is 1. The molecular formula is C22H33N3O3. The standard InChI is InChI=1S/C22H33N3O3/c26-20(17-24-10-14-28-15-11-24)18-25-16-19(21-5-1-2-6-22(21)25)4-3-7-23-8-12-27-13-9-23/h1-2,5-6,16,20,26H,3-4,7-15,17-18H2. The Bertz CT molecular complexity index is 736. The minimum atomic E-state index is -0.366. The highest BCUT2D eigenvalue weighted by molar-refractivity contribution is 5.84. The van der Waals surface area contributed by atoms with E-state index in [-0.39, 0.29) is 6.10 Å². The van der Waals surface area contributed by atoms with Crippen molar-refractivity contribution in [1.82, 2.24) is 14.4 Å². The molecule has 28 heavy (non-hydrogen) atoms. The third-order valence-electron chi connectivity index (χ3n) is 5.88. The van der Waals surface area contributed by atoms with Gasteiger partial charge in [-0.2, -0.15) is 0 Å². The summed E-state index contributed by atoms with van der Waals surface area (Å²) in [5.41, 5.74) is 2.62. The number of hydrogen-bond acceptors (Lipinski definition) is 5. The van der Waals surface area contributed by atoms with Gasteiger partial charge < -0.3 is 19.1 Å². The average molecular weight is 388 g/mol. The number of β-amino-alcohol motifs (C(OH)–C–C–N with tert-alkyl or cyclic N) is 1. The fourth-order valence-electron chi connectivity index (χ4n) is 4.36. The molecule has 0 saturated carbocycles. The van der Waals surface area contributed by atoms with Crippen LogP contribution in [-0.4, -0.2) is 91.3 Å². The third-order valence-corrected chi connectivity index (χ3v) is 5.88. The van der Waals surface area contributed by atoms with E-state index < -0.39 is 0 Å².